The molecular weight excluding hydrogens is 431 g/mol. The minimum absolute atomic E-state index is 0.245. The van der Waals surface area contributed by atoms with Crippen molar-refractivity contribution in [3.05, 3.63) is 52.2 Å². The fourth-order valence-corrected chi connectivity index (χ4v) is 3.44. The van der Waals surface area contributed by atoms with Gasteiger partial charge in [-0.1, -0.05) is 0 Å². The van der Waals surface area contributed by atoms with E-state index in [0.29, 0.717) is 23.6 Å². The summed E-state index contributed by atoms with van der Waals surface area (Å²) in [5.74, 6) is -0.681. The molecule has 1 amide bonds. The van der Waals surface area contributed by atoms with E-state index in [1.54, 1.807) is 43.4 Å². The molecule has 2 atom stereocenters. The fourth-order valence-electron chi connectivity index (χ4n) is 2.70. The Morgan fingerprint density at radius 1 is 1.41 bits per heavy atom. The van der Waals surface area contributed by atoms with E-state index in [-0.39, 0.29) is 14.5 Å². The molecule has 0 heterocycles. The monoisotopic (exact) mass is 448 g/mol. The van der Waals surface area contributed by atoms with Gasteiger partial charge in [0.25, 0.3) is 0 Å². The van der Waals surface area contributed by atoms with Crippen molar-refractivity contribution in [2.45, 2.75) is 19.4 Å². The Kier molecular flexibility index (Phi) is 7.65. The normalized spacial score (nSPS) is 20.8. The Morgan fingerprint density at radius 2 is 2.19 bits per heavy atom. The number of halogens is 1. The van der Waals surface area contributed by atoms with E-state index in [0.717, 1.165) is 4.47 Å². The molecule has 0 aliphatic heterocycles. The summed E-state index contributed by atoms with van der Waals surface area (Å²) in [7, 11) is -0.354. The number of hydrogen-bond donors (Lipinski definition) is 1. The summed E-state index contributed by atoms with van der Waals surface area (Å²) in [5, 5.41) is 12.1. The van der Waals surface area contributed by atoms with Crippen LogP contribution in [0.4, 0.5) is 5.69 Å². The first kappa shape index (κ1) is 21.2. The first-order valence-electron chi connectivity index (χ1n) is 8.27. The zero-order valence-corrected chi connectivity index (χ0v) is 17.3. The van der Waals surface area contributed by atoms with Crippen LogP contribution >= 0.6 is 23.8 Å². The van der Waals surface area contributed by atoms with Crippen LogP contribution in [0.15, 0.2) is 46.7 Å². The number of amides is 1. The van der Waals surface area contributed by atoms with Gasteiger partial charge >= 0.3 is 167 Å². The molecule has 0 aromatic heterocycles. The van der Waals surface area contributed by atoms with Crippen LogP contribution in [0.25, 0.3) is 0 Å². The van der Waals surface area contributed by atoms with Gasteiger partial charge in [-0.15, -0.1) is 0 Å². The molecule has 1 aromatic rings. The van der Waals surface area contributed by atoms with E-state index in [1.807, 2.05) is 13.0 Å². The predicted molar refractivity (Wildman–Crippen MR) is 106 cm³/mol. The maximum absolute atomic E-state index is 13.2. The van der Waals surface area contributed by atoms with Crippen LogP contribution in [-0.2, 0) is 18.8 Å². The summed E-state index contributed by atoms with van der Waals surface area (Å²) in [6.07, 6.45) is 4.87. The molecular formula is C19H18BrN2O4P. The molecule has 2 rings (SSSR count). The van der Waals surface area contributed by atoms with Gasteiger partial charge < -0.3 is 0 Å². The molecule has 2 unspecified atom stereocenters. The van der Waals surface area contributed by atoms with Gasteiger partial charge in [0.1, 0.15) is 0 Å². The summed E-state index contributed by atoms with van der Waals surface area (Å²) in [4.78, 5) is 13.2. The fraction of sp³-hybridized carbons (Fsp3) is 0.316. The Bertz CT molecular complexity index is 932. The van der Waals surface area contributed by atoms with Gasteiger partial charge in [-0.3, -0.25) is 0 Å². The Balaban J connectivity index is 2.44. The molecule has 1 aromatic carbocycles. The molecule has 1 N–H and O–H groups in total. The number of nitrogens with zero attached hydrogens (tertiary/aromatic N) is 1. The van der Waals surface area contributed by atoms with Gasteiger partial charge in [-0.05, 0) is 0 Å². The van der Waals surface area contributed by atoms with Crippen LogP contribution < -0.4 is 5.32 Å². The molecule has 0 saturated heterocycles. The molecule has 140 valence electrons. The van der Waals surface area contributed by atoms with Gasteiger partial charge in [0.15, 0.2) is 0 Å². The number of benzene rings is 1. The van der Waals surface area contributed by atoms with Crippen molar-refractivity contribution in [1.82, 2.24) is 0 Å². The van der Waals surface area contributed by atoms with Gasteiger partial charge in [0.05, 0.1) is 0 Å². The third-order valence-corrected chi connectivity index (χ3v) is 4.76. The van der Waals surface area contributed by atoms with Crippen molar-refractivity contribution in [3.8, 4) is 11.7 Å². The molecule has 1 aliphatic carbocycles. The maximum atomic E-state index is 13.2. The Labute approximate surface area is 167 Å². The molecule has 0 fully saturated rings. The number of allylic oxidation sites excluding steroid dienone is 1. The molecule has 1 aliphatic rings. The molecule has 0 saturated carbocycles. The van der Waals surface area contributed by atoms with Crippen LogP contribution in [0.2, 0.25) is 0 Å². The van der Waals surface area contributed by atoms with E-state index in [1.165, 1.54) is 0 Å². The van der Waals surface area contributed by atoms with E-state index in [2.05, 4.69) is 26.9 Å². The van der Waals surface area contributed by atoms with Crippen molar-refractivity contribution in [3.63, 3.8) is 0 Å². The number of ether oxygens (including phenoxy) is 2. The van der Waals surface area contributed by atoms with Crippen molar-refractivity contribution in [2.24, 2.45) is 5.92 Å². The zero-order chi connectivity index (χ0) is 19.9. The number of hydrogen-bond acceptors (Lipinski definition) is 5. The number of carbonyl (C=O) groups excluding carboxylic acids is 1. The van der Waals surface area contributed by atoms with Crippen molar-refractivity contribution >= 4 is 35.4 Å². The Hall–Kier alpha value is -2.09. The van der Waals surface area contributed by atoms with Gasteiger partial charge in [-0.2, -0.15) is 0 Å². The molecule has 0 bridgehead atoms. The Morgan fingerprint density at radius 3 is 2.81 bits per heavy atom. The van der Waals surface area contributed by atoms with Gasteiger partial charge in [-0.25, -0.2) is 0 Å². The van der Waals surface area contributed by atoms with E-state index >= 15 is 0 Å². The summed E-state index contributed by atoms with van der Waals surface area (Å²) >= 11 is 3.30. The zero-order valence-electron chi connectivity index (χ0n) is 14.9. The summed E-state index contributed by atoms with van der Waals surface area (Å²) in [6, 6.07) is 7.01. The van der Waals surface area contributed by atoms with Crippen molar-refractivity contribution in [1.29, 1.82) is 5.26 Å². The molecule has 0 radical (unpaired) electrons. The first-order valence-corrected chi connectivity index (χ1v) is 9.88. The number of rotatable bonds is 6. The molecule has 0 spiro atoms. The van der Waals surface area contributed by atoms with Gasteiger partial charge in [0.2, 0.25) is 0 Å². The van der Waals surface area contributed by atoms with Crippen LogP contribution in [0.3, 0.4) is 0 Å². The van der Waals surface area contributed by atoms with Gasteiger partial charge in [0, 0.05) is 0 Å². The molecule has 27 heavy (non-hydrogen) atoms. The second-order valence-electron chi connectivity index (χ2n) is 5.52. The minimum atomic E-state index is -1.45. The second kappa shape index (κ2) is 9.73. The van der Waals surface area contributed by atoms with Crippen LogP contribution in [0, 0.1) is 22.9 Å². The summed E-state index contributed by atoms with van der Waals surface area (Å²) in [6.45, 7) is 4.30. The first-order chi connectivity index (χ1) is 13.0. The van der Waals surface area contributed by atoms with Crippen LogP contribution in [0.5, 0.6) is 0 Å². The van der Waals surface area contributed by atoms with E-state index in [9.17, 15) is 14.6 Å². The summed E-state index contributed by atoms with van der Waals surface area (Å²) < 4.78 is 23.2. The number of carbonyl (C=O) groups is 1. The second-order valence-corrected chi connectivity index (χ2v) is 6.87. The average Bonchev–Trinajstić information content (AvgIpc) is 2.65. The third kappa shape index (κ3) is 4.80. The molecule has 6 nitrogen and oxygen atoms in total. The number of nitrogens with one attached hydrogen (secondary N) is 1. The SMILES string of the molecule is CCOC1=CC(C#P=O)C(OCC)(C(=O)Nc2ccc(Br)cc2C#N)C=C1. The number of anilines is 1. The van der Waals surface area contributed by atoms with Crippen molar-refractivity contribution < 1.29 is 18.8 Å². The third-order valence-electron chi connectivity index (χ3n) is 3.88. The van der Waals surface area contributed by atoms with E-state index in [4.69, 9.17) is 9.47 Å². The topological polar surface area (TPSA) is 88.4 Å². The van der Waals surface area contributed by atoms with Crippen molar-refractivity contribution in [2.75, 3.05) is 18.5 Å². The van der Waals surface area contributed by atoms with Crippen LogP contribution in [-0.4, -0.2) is 24.7 Å². The average molecular weight is 449 g/mol. The molecule has 8 heteroatoms. The number of nitriles is 1. The van der Waals surface area contributed by atoms with Crippen LogP contribution in [0.1, 0.15) is 19.4 Å². The predicted octanol–water partition coefficient (Wildman–Crippen LogP) is 4.39. The van der Waals surface area contributed by atoms with E-state index < -0.39 is 17.4 Å². The quantitative estimate of drug-likeness (QED) is 0.651. The summed E-state index contributed by atoms with van der Waals surface area (Å²) in [5.41, 5.74) is 1.92. The standard InChI is InChI=1S/C19H18BrN2O4P/c1-3-25-16-7-8-19(26-4-2,14(10-16)12-27-24)18(23)22-17-6-5-15(20)9-13(17)11-21/h5-10,14H,3-4H2,1-2H3,(H,22,23).